The molecule has 0 aliphatic carbocycles. The minimum Gasteiger partial charge on any atom is -0.355 e. The fraction of sp³-hybridized carbons (Fsp3) is 0.667. The van der Waals surface area contributed by atoms with Crippen LogP contribution in [-0.2, 0) is 16.0 Å². The summed E-state index contributed by atoms with van der Waals surface area (Å²) < 4.78 is 0. The van der Waals surface area contributed by atoms with Crippen LogP contribution < -0.4 is 10.6 Å². The number of piperidine rings is 1. The molecule has 31 heavy (non-hydrogen) atoms. The third-order valence-electron chi connectivity index (χ3n) is 6.45. The standard InChI is InChI=1S/C24H39N5O2/c1-20(30)25-9-10-26-24(31)23-16-22(17-28-14-12-27(2)13-15-28)18-29(19-23)11-8-21-6-4-3-5-7-21/h3-7,22-23H,8-19H2,1-2H3,(H,25,30)(H,26,31)/t22-,23-/m1/s1. The first kappa shape index (κ1) is 23.7. The minimum absolute atomic E-state index is 0.0133. The van der Waals surface area contributed by atoms with E-state index in [-0.39, 0.29) is 17.7 Å². The van der Waals surface area contributed by atoms with E-state index in [1.54, 1.807) is 0 Å². The number of nitrogens with one attached hydrogen (secondary N) is 2. The minimum atomic E-state index is -0.0637. The second-order valence-electron chi connectivity index (χ2n) is 9.17. The highest BCUT2D eigenvalue weighted by Gasteiger charge is 2.32. The largest absolute Gasteiger partial charge is 0.355 e. The predicted octanol–water partition coefficient (Wildman–Crippen LogP) is 0.667. The molecule has 0 unspecified atom stereocenters. The Morgan fingerprint density at radius 1 is 0.968 bits per heavy atom. The summed E-state index contributed by atoms with van der Waals surface area (Å²) in [7, 11) is 2.19. The Bertz CT molecular complexity index is 690. The third-order valence-corrected chi connectivity index (χ3v) is 6.45. The molecule has 0 spiro atoms. The Labute approximate surface area is 187 Å². The van der Waals surface area contributed by atoms with Crippen molar-refractivity contribution < 1.29 is 9.59 Å². The number of likely N-dealkylation sites (N-methyl/N-ethyl adjacent to an activating group) is 1. The fourth-order valence-electron chi connectivity index (χ4n) is 4.70. The van der Waals surface area contributed by atoms with Gasteiger partial charge in [-0.05, 0) is 31.4 Å². The van der Waals surface area contributed by atoms with Crippen molar-refractivity contribution in [2.45, 2.75) is 19.8 Å². The fourth-order valence-corrected chi connectivity index (χ4v) is 4.70. The van der Waals surface area contributed by atoms with Crippen LogP contribution in [0.5, 0.6) is 0 Å². The van der Waals surface area contributed by atoms with E-state index in [2.05, 4.69) is 62.7 Å². The van der Waals surface area contributed by atoms with E-state index in [0.29, 0.717) is 19.0 Å². The number of rotatable bonds is 9. The number of benzene rings is 1. The SMILES string of the molecule is CC(=O)NCCNC(=O)[C@@H]1C[C@H](CN2CCN(C)CC2)CN(CCc2ccccc2)C1. The van der Waals surface area contributed by atoms with Gasteiger partial charge in [-0.2, -0.15) is 0 Å². The first-order valence-electron chi connectivity index (χ1n) is 11.7. The van der Waals surface area contributed by atoms with Crippen LogP contribution in [0.25, 0.3) is 0 Å². The number of nitrogens with zero attached hydrogens (tertiary/aromatic N) is 3. The highest BCUT2D eigenvalue weighted by molar-refractivity contribution is 5.79. The van der Waals surface area contributed by atoms with Gasteiger partial charge in [0, 0.05) is 72.4 Å². The summed E-state index contributed by atoms with van der Waals surface area (Å²) in [6.45, 7) is 10.9. The van der Waals surface area contributed by atoms with E-state index in [0.717, 1.165) is 65.2 Å². The molecule has 7 nitrogen and oxygen atoms in total. The molecule has 0 aromatic heterocycles. The molecule has 2 saturated heterocycles. The van der Waals surface area contributed by atoms with E-state index >= 15 is 0 Å². The monoisotopic (exact) mass is 429 g/mol. The Morgan fingerprint density at radius 2 is 1.68 bits per heavy atom. The van der Waals surface area contributed by atoms with Crippen LogP contribution in [0, 0.1) is 11.8 Å². The van der Waals surface area contributed by atoms with E-state index in [1.165, 1.54) is 12.5 Å². The molecule has 2 fully saturated rings. The van der Waals surface area contributed by atoms with Gasteiger partial charge in [-0.3, -0.25) is 9.59 Å². The lowest BCUT2D eigenvalue weighted by Crippen LogP contribution is -2.52. The summed E-state index contributed by atoms with van der Waals surface area (Å²) in [5.41, 5.74) is 1.35. The zero-order valence-electron chi connectivity index (χ0n) is 19.2. The number of hydrogen-bond acceptors (Lipinski definition) is 5. The number of piperazine rings is 1. The van der Waals surface area contributed by atoms with Gasteiger partial charge in [0.05, 0.1) is 5.92 Å². The van der Waals surface area contributed by atoms with Gasteiger partial charge in [0.25, 0.3) is 0 Å². The van der Waals surface area contributed by atoms with E-state index in [4.69, 9.17) is 0 Å². The van der Waals surface area contributed by atoms with Crippen molar-refractivity contribution in [1.29, 1.82) is 0 Å². The van der Waals surface area contributed by atoms with Gasteiger partial charge in [0.1, 0.15) is 0 Å². The van der Waals surface area contributed by atoms with Crippen molar-refractivity contribution >= 4 is 11.8 Å². The van der Waals surface area contributed by atoms with E-state index in [1.807, 2.05) is 0 Å². The van der Waals surface area contributed by atoms with Gasteiger partial charge in [0.2, 0.25) is 11.8 Å². The number of amides is 2. The molecular formula is C24H39N5O2. The van der Waals surface area contributed by atoms with Crippen molar-refractivity contribution in [3.8, 4) is 0 Å². The first-order valence-corrected chi connectivity index (χ1v) is 11.7. The van der Waals surface area contributed by atoms with Gasteiger partial charge in [-0.15, -0.1) is 0 Å². The molecule has 2 aliphatic rings. The number of carbonyl (C=O) groups is 2. The lowest BCUT2D eigenvalue weighted by molar-refractivity contribution is -0.128. The van der Waals surface area contributed by atoms with Gasteiger partial charge in [0.15, 0.2) is 0 Å². The Hall–Kier alpha value is -1.96. The lowest BCUT2D eigenvalue weighted by atomic mass is 9.87. The molecule has 1 aromatic carbocycles. The molecule has 2 heterocycles. The summed E-state index contributed by atoms with van der Waals surface area (Å²) in [6.07, 6.45) is 1.96. The Morgan fingerprint density at radius 3 is 2.39 bits per heavy atom. The molecule has 0 bridgehead atoms. The van der Waals surface area contributed by atoms with Gasteiger partial charge >= 0.3 is 0 Å². The van der Waals surface area contributed by atoms with Crippen molar-refractivity contribution in [2.75, 3.05) is 72.5 Å². The van der Waals surface area contributed by atoms with E-state index in [9.17, 15) is 9.59 Å². The lowest BCUT2D eigenvalue weighted by Gasteiger charge is -2.41. The van der Waals surface area contributed by atoms with Crippen molar-refractivity contribution in [3.63, 3.8) is 0 Å². The maximum absolute atomic E-state index is 12.9. The zero-order valence-corrected chi connectivity index (χ0v) is 19.2. The van der Waals surface area contributed by atoms with Crippen molar-refractivity contribution in [3.05, 3.63) is 35.9 Å². The highest BCUT2D eigenvalue weighted by atomic mass is 16.2. The molecule has 2 atom stereocenters. The Kier molecular flexibility index (Phi) is 9.31. The second-order valence-corrected chi connectivity index (χ2v) is 9.17. The molecule has 3 rings (SSSR count). The molecule has 0 radical (unpaired) electrons. The summed E-state index contributed by atoms with van der Waals surface area (Å²) in [5, 5.41) is 5.77. The average Bonchev–Trinajstić information content (AvgIpc) is 2.77. The smallest absolute Gasteiger partial charge is 0.224 e. The molecule has 2 amide bonds. The van der Waals surface area contributed by atoms with Crippen molar-refractivity contribution in [2.24, 2.45) is 11.8 Å². The van der Waals surface area contributed by atoms with Gasteiger partial charge in [-0.25, -0.2) is 0 Å². The maximum Gasteiger partial charge on any atom is 0.224 e. The predicted molar refractivity (Wildman–Crippen MR) is 124 cm³/mol. The Balaban J connectivity index is 1.54. The summed E-state index contributed by atoms with van der Waals surface area (Å²) >= 11 is 0. The molecular weight excluding hydrogens is 390 g/mol. The summed E-state index contributed by atoms with van der Waals surface area (Å²) in [4.78, 5) is 31.3. The molecule has 1 aromatic rings. The number of carbonyl (C=O) groups excluding carboxylic acids is 2. The topological polar surface area (TPSA) is 67.9 Å². The summed E-state index contributed by atoms with van der Waals surface area (Å²) in [6, 6.07) is 10.6. The maximum atomic E-state index is 12.9. The normalized spacial score (nSPS) is 23.4. The van der Waals surface area contributed by atoms with Gasteiger partial charge < -0.3 is 25.3 Å². The van der Waals surface area contributed by atoms with Crippen molar-refractivity contribution in [1.82, 2.24) is 25.3 Å². The average molecular weight is 430 g/mol. The number of hydrogen-bond donors (Lipinski definition) is 2. The summed E-state index contributed by atoms with van der Waals surface area (Å²) in [5.74, 6) is 0.586. The zero-order chi connectivity index (χ0) is 22.1. The third kappa shape index (κ3) is 8.24. The molecule has 7 heteroatoms. The molecule has 0 saturated carbocycles. The number of likely N-dealkylation sites (tertiary alicyclic amines) is 1. The highest BCUT2D eigenvalue weighted by Crippen LogP contribution is 2.24. The molecule has 2 aliphatic heterocycles. The molecule has 2 N–H and O–H groups in total. The quantitative estimate of drug-likeness (QED) is 0.565. The van der Waals surface area contributed by atoms with Crippen LogP contribution in [-0.4, -0.2) is 99.0 Å². The van der Waals surface area contributed by atoms with Crippen LogP contribution in [0.15, 0.2) is 30.3 Å². The van der Waals surface area contributed by atoms with E-state index < -0.39 is 0 Å². The van der Waals surface area contributed by atoms with Gasteiger partial charge in [-0.1, -0.05) is 30.3 Å². The van der Waals surface area contributed by atoms with Crippen LogP contribution in [0.2, 0.25) is 0 Å². The molecule has 172 valence electrons. The van der Waals surface area contributed by atoms with Crippen LogP contribution in [0.4, 0.5) is 0 Å². The van der Waals surface area contributed by atoms with Crippen LogP contribution in [0.1, 0.15) is 18.9 Å². The van der Waals surface area contributed by atoms with Crippen LogP contribution >= 0.6 is 0 Å². The second kappa shape index (κ2) is 12.2. The first-order chi connectivity index (χ1) is 15.0. The van der Waals surface area contributed by atoms with Crippen LogP contribution in [0.3, 0.4) is 0 Å².